The molecule has 3 heterocycles. The van der Waals surface area contributed by atoms with Crippen molar-refractivity contribution in [3.8, 4) is 5.19 Å². The lowest BCUT2D eigenvalue weighted by molar-refractivity contribution is -0.132. The fourth-order valence-corrected chi connectivity index (χ4v) is 4.70. The van der Waals surface area contributed by atoms with Crippen LogP contribution in [0.3, 0.4) is 0 Å². The average molecular weight is 391 g/mol. The number of ether oxygens (including phenoxy) is 1. The molecule has 2 aromatic heterocycles. The predicted molar refractivity (Wildman–Crippen MR) is 112 cm³/mol. The number of amides is 1. The van der Waals surface area contributed by atoms with Gasteiger partial charge in [-0.3, -0.25) is 4.79 Å². The van der Waals surface area contributed by atoms with Gasteiger partial charge in [-0.25, -0.2) is 4.98 Å². The summed E-state index contributed by atoms with van der Waals surface area (Å²) in [5, 5.41) is 1.86. The van der Waals surface area contributed by atoms with Gasteiger partial charge in [0, 0.05) is 43.0 Å². The molecule has 5 rings (SSSR count). The van der Waals surface area contributed by atoms with Gasteiger partial charge >= 0.3 is 0 Å². The number of carbonyl (C=O) groups excluding carboxylic acids is 1. The van der Waals surface area contributed by atoms with E-state index in [1.165, 1.54) is 0 Å². The number of nitrogens with one attached hydrogen (secondary N) is 1. The van der Waals surface area contributed by atoms with Crippen molar-refractivity contribution in [1.82, 2.24) is 14.9 Å². The third-order valence-electron chi connectivity index (χ3n) is 5.35. The van der Waals surface area contributed by atoms with Gasteiger partial charge in [-0.1, -0.05) is 41.7 Å². The highest BCUT2D eigenvalue weighted by Crippen LogP contribution is 2.29. The van der Waals surface area contributed by atoms with Gasteiger partial charge < -0.3 is 14.6 Å². The lowest BCUT2D eigenvalue weighted by Gasteiger charge is -2.31. The van der Waals surface area contributed by atoms with Gasteiger partial charge in [-0.05, 0) is 23.8 Å². The Morgan fingerprint density at radius 2 is 1.93 bits per heavy atom. The van der Waals surface area contributed by atoms with Crippen LogP contribution in [0.25, 0.3) is 21.1 Å². The molecule has 1 saturated heterocycles. The SMILES string of the molecule is O=C(Cc1c[nH]c2ccccc12)N1CCC(Oc2nc3ccccc3s2)CC1. The number of rotatable bonds is 4. The monoisotopic (exact) mass is 391 g/mol. The van der Waals surface area contributed by atoms with Crippen LogP contribution in [-0.4, -0.2) is 40.0 Å². The van der Waals surface area contributed by atoms with Crippen LogP contribution in [-0.2, 0) is 11.2 Å². The number of piperidine rings is 1. The molecule has 0 spiro atoms. The number of thiazole rings is 1. The summed E-state index contributed by atoms with van der Waals surface area (Å²) in [4.78, 5) is 22.5. The van der Waals surface area contributed by atoms with Crippen LogP contribution in [0.5, 0.6) is 5.19 Å². The Bertz CT molecular complexity index is 1090. The van der Waals surface area contributed by atoms with E-state index in [0.29, 0.717) is 6.42 Å². The first-order valence-electron chi connectivity index (χ1n) is 9.61. The zero-order valence-corrected chi connectivity index (χ0v) is 16.2. The Labute approximate surface area is 167 Å². The van der Waals surface area contributed by atoms with Crippen LogP contribution in [0, 0.1) is 0 Å². The summed E-state index contributed by atoms with van der Waals surface area (Å²) in [6.07, 6.45) is 4.20. The zero-order valence-electron chi connectivity index (χ0n) is 15.4. The van der Waals surface area contributed by atoms with Crippen LogP contribution in [0.4, 0.5) is 0 Å². The van der Waals surface area contributed by atoms with Crippen molar-refractivity contribution < 1.29 is 9.53 Å². The highest BCUT2D eigenvalue weighted by molar-refractivity contribution is 7.20. The quantitative estimate of drug-likeness (QED) is 0.561. The number of carbonyl (C=O) groups is 1. The van der Waals surface area contributed by atoms with E-state index in [1.54, 1.807) is 11.3 Å². The van der Waals surface area contributed by atoms with Crippen LogP contribution >= 0.6 is 11.3 Å². The van der Waals surface area contributed by atoms with Crippen LogP contribution in [0.2, 0.25) is 0 Å². The van der Waals surface area contributed by atoms with Crippen molar-refractivity contribution in [2.24, 2.45) is 0 Å². The number of hydrogen-bond donors (Lipinski definition) is 1. The van der Waals surface area contributed by atoms with E-state index in [4.69, 9.17) is 4.74 Å². The maximum atomic E-state index is 12.8. The molecule has 0 bridgehead atoms. The minimum absolute atomic E-state index is 0.123. The molecule has 0 unspecified atom stereocenters. The second-order valence-corrected chi connectivity index (χ2v) is 8.17. The second-order valence-electron chi connectivity index (χ2n) is 7.18. The summed E-state index contributed by atoms with van der Waals surface area (Å²) in [5.74, 6) is 0.184. The third-order valence-corrected chi connectivity index (χ3v) is 6.28. The van der Waals surface area contributed by atoms with Gasteiger partial charge in [0.15, 0.2) is 0 Å². The topological polar surface area (TPSA) is 58.2 Å². The van der Waals surface area contributed by atoms with E-state index in [0.717, 1.165) is 57.8 Å². The molecule has 4 aromatic rings. The molecule has 1 fully saturated rings. The van der Waals surface area contributed by atoms with Gasteiger partial charge in [0.05, 0.1) is 16.6 Å². The first kappa shape index (κ1) is 17.3. The Hall–Kier alpha value is -2.86. The summed E-state index contributed by atoms with van der Waals surface area (Å²) in [5.41, 5.74) is 3.12. The molecule has 0 aliphatic carbocycles. The Morgan fingerprint density at radius 3 is 2.79 bits per heavy atom. The molecule has 0 saturated carbocycles. The van der Waals surface area contributed by atoms with Crippen molar-refractivity contribution in [3.05, 3.63) is 60.3 Å². The van der Waals surface area contributed by atoms with Crippen molar-refractivity contribution >= 4 is 38.4 Å². The Morgan fingerprint density at radius 1 is 1.14 bits per heavy atom. The summed E-state index contributed by atoms with van der Waals surface area (Å²) in [7, 11) is 0. The molecule has 1 aliphatic heterocycles. The summed E-state index contributed by atoms with van der Waals surface area (Å²) in [6, 6.07) is 16.2. The number of H-pyrrole nitrogens is 1. The smallest absolute Gasteiger partial charge is 0.274 e. The standard InChI is InChI=1S/C22H21N3O2S/c26-21(13-15-14-23-18-6-2-1-5-17(15)18)25-11-9-16(10-12-25)27-22-24-19-7-3-4-8-20(19)28-22/h1-8,14,16,23H,9-13H2. The summed E-state index contributed by atoms with van der Waals surface area (Å²) in [6.45, 7) is 1.47. The van der Waals surface area contributed by atoms with E-state index >= 15 is 0 Å². The maximum Gasteiger partial charge on any atom is 0.274 e. The summed E-state index contributed by atoms with van der Waals surface area (Å²) >= 11 is 1.58. The lowest BCUT2D eigenvalue weighted by atomic mass is 10.1. The zero-order chi connectivity index (χ0) is 18.9. The van der Waals surface area contributed by atoms with Gasteiger partial charge in [-0.15, -0.1) is 0 Å². The molecule has 1 aliphatic rings. The van der Waals surface area contributed by atoms with Crippen molar-refractivity contribution in [1.29, 1.82) is 0 Å². The molecule has 1 amide bonds. The normalized spacial score (nSPS) is 15.4. The molecule has 0 radical (unpaired) electrons. The number of benzene rings is 2. The van der Waals surface area contributed by atoms with E-state index in [-0.39, 0.29) is 12.0 Å². The molecule has 0 atom stereocenters. The molecule has 5 nitrogen and oxygen atoms in total. The molecular formula is C22H21N3O2S. The highest BCUT2D eigenvalue weighted by Gasteiger charge is 2.25. The minimum atomic E-state index is 0.123. The number of hydrogen-bond acceptors (Lipinski definition) is 4. The first-order chi connectivity index (χ1) is 13.8. The van der Waals surface area contributed by atoms with Crippen molar-refractivity contribution in [2.45, 2.75) is 25.4 Å². The van der Waals surface area contributed by atoms with E-state index in [1.807, 2.05) is 47.5 Å². The fourth-order valence-electron chi connectivity index (χ4n) is 3.82. The largest absolute Gasteiger partial charge is 0.467 e. The number of aromatic nitrogens is 2. The van der Waals surface area contributed by atoms with E-state index in [2.05, 4.69) is 22.1 Å². The van der Waals surface area contributed by atoms with Crippen molar-refractivity contribution in [3.63, 3.8) is 0 Å². The number of nitrogens with zero attached hydrogens (tertiary/aromatic N) is 2. The molecular weight excluding hydrogens is 370 g/mol. The average Bonchev–Trinajstić information content (AvgIpc) is 3.32. The molecule has 142 valence electrons. The predicted octanol–water partition coefficient (Wildman–Crippen LogP) is 4.39. The van der Waals surface area contributed by atoms with Gasteiger partial charge in [0.25, 0.3) is 5.19 Å². The minimum Gasteiger partial charge on any atom is -0.467 e. The van der Waals surface area contributed by atoms with Gasteiger partial charge in [-0.2, -0.15) is 0 Å². The maximum absolute atomic E-state index is 12.8. The second kappa shape index (κ2) is 7.28. The highest BCUT2D eigenvalue weighted by atomic mass is 32.1. The fraction of sp³-hybridized carbons (Fsp3) is 0.273. The third kappa shape index (κ3) is 3.36. The number of likely N-dealkylation sites (tertiary alicyclic amines) is 1. The number of aromatic amines is 1. The van der Waals surface area contributed by atoms with Crippen molar-refractivity contribution in [2.75, 3.05) is 13.1 Å². The molecule has 28 heavy (non-hydrogen) atoms. The van der Waals surface area contributed by atoms with Gasteiger partial charge in [0.2, 0.25) is 5.91 Å². The Kier molecular flexibility index (Phi) is 4.49. The van der Waals surface area contributed by atoms with Crippen LogP contribution < -0.4 is 4.74 Å². The van der Waals surface area contributed by atoms with Crippen LogP contribution in [0.1, 0.15) is 18.4 Å². The molecule has 1 N–H and O–H groups in total. The number of fused-ring (bicyclic) bond motifs is 2. The lowest BCUT2D eigenvalue weighted by Crippen LogP contribution is -2.42. The number of para-hydroxylation sites is 2. The van der Waals surface area contributed by atoms with E-state index < -0.39 is 0 Å². The molecule has 2 aromatic carbocycles. The van der Waals surface area contributed by atoms with Gasteiger partial charge in [0.1, 0.15) is 6.10 Å². The summed E-state index contributed by atoms with van der Waals surface area (Å²) < 4.78 is 7.24. The first-order valence-corrected chi connectivity index (χ1v) is 10.4. The Balaban J connectivity index is 1.19. The van der Waals surface area contributed by atoms with Crippen LogP contribution in [0.15, 0.2) is 54.7 Å². The molecule has 6 heteroatoms. The van der Waals surface area contributed by atoms with E-state index in [9.17, 15) is 4.79 Å².